The molecule has 6 heteroatoms. The van der Waals surface area contributed by atoms with Crippen molar-refractivity contribution in [1.29, 1.82) is 0 Å². The quantitative estimate of drug-likeness (QED) is 0.443. The van der Waals surface area contributed by atoms with Gasteiger partial charge in [0.05, 0.1) is 6.04 Å². The third-order valence-corrected chi connectivity index (χ3v) is 6.78. The molecule has 3 aromatic rings. The van der Waals surface area contributed by atoms with E-state index in [0.29, 0.717) is 6.54 Å². The van der Waals surface area contributed by atoms with Crippen LogP contribution in [0.15, 0.2) is 79.1 Å². The fourth-order valence-electron chi connectivity index (χ4n) is 4.80. The van der Waals surface area contributed by atoms with Crippen LogP contribution in [0.5, 0.6) is 0 Å². The highest BCUT2D eigenvalue weighted by atomic mass is 16.2. The first-order chi connectivity index (χ1) is 17.2. The van der Waals surface area contributed by atoms with Crippen molar-refractivity contribution in [2.75, 3.05) is 24.5 Å². The number of anilines is 1. The SMILES string of the molecule is CCN(CC)c1ccc(CN2C[C@@H](NCc3ccccc3)C[C@H]2C(=O)NCc2cccnc2)cc1. The predicted molar refractivity (Wildman–Crippen MR) is 142 cm³/mol. The highest BCUT2D eigenvalue weighted by molar-refractivity contribution is 5.82. The van der Waals surface area contributed by atoms with E-state index in [2.05, 4.69) is 87.8 Å². The van der Waals surface area contributed by atoms with Crippen molar-refractivity contribution in [1.82, 2.24) is 20.5 Å². The Bertz CT molecular complexity index is 1040. The molecule has 0 radical (unpaired) electrons. The normalized spacial score (nSPS) is 17.9. The molecule has 0 bridgehead atoms. The van der Waals surface area contributed by atoms with Crippen molar-refractivity contribution in [3.8, 4) is 0 Å². The lowest BCUT2D eigenvalue weighted by atomic mass is 10.1. The number of pyridine rings is 1. The number of likely N-dealkylation sites (tertiary alicyclic amines) is 1. The number of hydrogen-bond acceptors (Lipinski definition) is 5. The first kappa shape index (κ1) is 24.9. The Morgan fingerprint density at radius 2 is 1.69 bits per heavy atom. The van der Waals surface area contributed by atoms with Crippen molar-refractivity contribution in [2.24, 2.45) is 0 Å². The Kier molecular flexibility index (Phi) is 8.87. The van der Waals surface area contributed by atoms with E-state index in [1.54, 1.807) is 12.4 Å². The topological polar surface area (TPSA) is 60.5 Å². The van der Waals surface area contributed by atoms with E-state index in [1.807, 2.05) is 18.2 Å². The summed E-state index contributed by atoms with van der Waals surface area (Å²) in [5.41, 5.74) is 4.75. The molecule has 0 spiro atoms. The van der Waals surface area contributed by atoms with E-state index in [0.717, 1.165) is 44.7 Å². The van der Waals surface area contributed by atoms with Gasteiger partial charge in [0, 0.05) is 63.4 Å². The van der Waals surface area contributed by atoms with Crippen LogP contribution < -0.4 is 15.5 Å². The van der Waals surface area contributed by atoms with Crippen molar-refractivity contribution in [3.05, 3.63) is 95.8 Å². The van der Waals surface area contributed by atoms with Gasteiger partial charge in [0.15, 0.2) is 0 Å². The van der Waals surface area contributed by atoms with Crippen LogP contribution in [0.1, 0.15) is 37.0 Å². The second-order valence-electron chi connectivity index (χ2n) is 9.16. The van der Waals surface area contributed by atoms with Gasteiger partial charge in [-0.25, -0.2) is 0 Å². The van der Waals surface area contributed by atoms with Crippen LogP contribution in [-0.4, -0.2) is 47.5 Å². The fourth-order valence-corrected chi connectivity index (χ4v) is 4.80. The van der Waals surface area contributed by atoms with Gasteiger partial charge in [-0.05, 0) is 55.2 Å². The van der Waals surface area contributed by atoms with Gasteiger partial charge in [0.25, 0.3) is 0 Å². The molecule has 1 fully saturated rings. The molecule has 1 amide bonds. The van der Waals surface area contributed by atoms with Crippen molar-refractivity contribution >= 4 is 11.6 Å². The van der Waals surface area contributed by atoms with Crippen LogP contribution in [0.2, 0.25) is 0 Å². The molecule has 1 saturated heterocycles. The maximum absolute atomic E-state index is 13.3. The van der Waals surface area contributed by atoms with Gasteiger partial charge in [-0.1, -0.05) is 48.5 Å². The van der Waals surface area contributed by atoms with Crippen LogP contribution in [0.25, 0.3) is 0 Å². The van der Waals surface area contributed by atoms with E-state index >= 15 is 0 Å². The number of amides is 1. The van der Waals surface area contributed by atoms with Gasteiger partial charge in [-0.2, -0.15) is 0 Å². The molecule has 6 nitrogen and oxygen atoms in total. The Hall–Kier alpha value is -3.22. The number of carbonyl (C=O) groups excluding carboxylic acids is 1. The fraction of sp³-hybridized carbons (Fsp3) is 0.379. The predicted octanol–water partition coefficient (Wildman–Crippen LogP) is 3.98. The number of rotatable bonds is 11. The number of aromatic nitrogens is 1. The molecule has 2 atom stereocenters. The zero-order chi connectivity index (χ0) is 24.5. The zero-order valence-corrected chi connectivity index (χ0v) is 20.9. The molecule has 0 saturated carbocycles. The van der Waals surface area contributed by atoms with E-state index in [9.17, 15) is 4.79 Å². The smallest absolute Gasteiger partial charge is 0.237 e. The largest absolute Gasteiger partial charge is 0.372 e. The molecule has 4 rings (SSSR count). The summed E-state index contributed by atoms with van der Waals surface area (Å²) in [6, 6.07) is 23.2. The number of carbonyl (C=O) groups is 1. The molecule has 0 unspecified atom stereocenters. The first-order valence-corrected chi connectivity index (χ1v) is 12.7. The lowest BCUT2D eigenvalue weighted by Gasteiger charge is -2.25. The monoisotopic (exact) mass is 471 g/mol. The lowest BCUT2D eigenvalue weighted by Crippen LogP contribution is -2.42. The van der Waals surface area contributed by atoms with Crippen molar-refractivity contribution in [2.45, 2.75) is 52.0 Å². The summed E-state index contributed by atoms with van der Waals surface area (Å²) in [6.45, 7) is 9.26. The van der Waals surface area contributed by atoms with Gasteiger partial charge in [0.1, 0.15) is 0 Å². The number of nitrogens with one attached hydrogen (secondary N) is 2. The zero-order valence-electron chi connectivity index (χ0n) is 20.9. The Morgan fingerprint density at radius 3 is 2.37 bits per heavy atom. The number of nitrogens with zero attached hydrogens (tertiary/aromatic N) is 3. The minimum absolute atomic E-state index is 0.0811. The molecule has 35 heavy (non-hydrogen) atoms. The lowest BCUT2D eigenvalue weighted by molar-refractivity contribution is -0.125. The molecular weight excluding hydrogens is 434 g/mol. The molecular formula is C29H37N5O. The molecule has 1 aliphatic heterocycles. The van der Waals surface area contributed by atoms with Crippen LogP contribution in [0.3, 0.4) is 0 Å². The van der Waals surface area contributed by atoms with Gasteiger partial charge in [0.2, 0.25) is 5.91 Å². The molecule has 184 valence electrons. The third-order valence-electron chi connectivity index (χ3n) is 6.78. The molecule has 0 aliphatic carbocycles. The van der Waals surface area contributed by atoms with E-state index in [-0.39, 0.29) is 18.0 Å². The van der Waals surface area contributed by atoms with Crippen LogP contribution in [0, 0.1) is 0 Å². The van der Waals surface area contributed by atoms with Crippen LogP contribution in [-0.2, 0) is 24.4 Å². The summed E-state index contributed by atoms with van der Waals surface area (Å²) < 4.78 is 0. The molecule has 1 aromatic heterocycles. The van der Waals surface area contributed by atoms with Crippen molar-refractivity contribution in [3.63, 3.8) is 0 Å². The molecule has 2 N–H and O–H groups in total. The Balaban J connectivity index is 1.42. The van der Waals surface area contributed by atoms with Crippen LogP contribution in [0.4, 0.5) is 5.69 Å². The van der Waals surface area contributed by atoms with E-state index < -0.39 is 0 Å². The maximum atomic E-state index is 13.3. The first-order valence-electron chi connectivity index (χ1n) is 12.7. The number of hydrogen-bond donors (Lipinski definition) is 2. The summed E-state index contributed by atoms with van der Waals surface area (Å²) in [4.78, 5) is 22.1. The molecule has 2 heterocycles. The highest BCUT2D eigenvalue weighted by Crippen LogP contribution is 2.23. The van der Waals surface area contributed by atoms with E-state index in [1.165, 1.54) is 16.8 Å². The van der Waals surface area contributed by atoms with E-state index in [4.69, 9.17) is 0 Å². The second-order valence-corrected chi connectivity index (χ2v) is 9.16. The maximum Gasteiger partial charge on any atom is 0.237 e. The summed E-state index contributed by atoms with van der Waals surface area (Å²) in [5.74, 6) is 0.0811. The third kappa shape index (κ3) is 6.90. The second kappa shape index (κ2) is 12.5. The van der Waals surface area contributed by atoms with Crippen molar-refractivity contribution < 1.29 is 4.79 Å². The van der Waals surface area contributed by atoms with Crippen LogP contribution >= 0.6 is 0 Å². The molecule has 1 aliphatic rings. The van der Waals surface area contributed by atoms with Gasteiger partial charge < -0.3 is 15.5 Å². The minimum atomic E-state index is -0.164. The summed E-state index contributed by atoms with van der Waals surface area (Å²) in [5, 5.41) is 6.81. The Morgan fingerprint density at radius 1 is 0.943 bits per heavy atom. The average molecular weight is 472 g/mol. The van der Waals surface area contributed by atoms with Gasteiger partial charge in [-0.15, -0.1) is 0 Å². The summed E-state index contributed by atoms with van der Waals surface area (Å²) >= 11 is 0. The van der Waals surface area contributed by atoms with Gasteiger partial charge in [-0.3, -0.25) is 14.7 Å². The average Bonchev–Trinajstić information content (AvgIpc) is 3.31. The number of benzene rings is 2. The summed E-state index contributed by atoms with van der Waals surface area (Å²) in [6.07, 6.45) is 4.34. The highest BCUT2D eigenvalue weighted by Gasteiger charge is 2.36. The Labute approximate surface area is 209 Å². The molecule has 2 aromatic carbocycles. The van der Waals surface area contributed by atoms with Gasteiger partial charge >= 0.3 is 0 Å². The standard InChI is InChI=1S/C29H37N5O/c1-3-33(4-2)27-14-12-24(13-15-27)21-34-22-26(31-19-23-9-6-5-7-10-23)17-28(34)29(35)32-20-25-11-8-16-30-18-25/h5-16,18,26,28,31H,3-4,17,19-22H2,1-2H3,(H,32,35)/t26-,28-/m0/s1. The minimum Gasteiger partial charge on any atom is -0.372 e. The summed E-state index contributed by atoms with van der Waals surface area (Å²) in [7, 11) is 0.